The van der Waals surface area contributed by atoms with Crippen LogP contribution in [0.25, 0.3) is 11.1 Å². The summed E-state index contributed by atoms with van der Waals surface area (Å²) in [5.74, 6) is 0.611. The van der Waals surface area contributed by atoms with Gasteiger partial charge in [0.1, 0.15) is 0 Å². The van der Waals surface area contributed by atoms with Gasteiger partial charge in [-0.3, -0.25) is 5.10 Å². The van der Waals surface area contributed by atoms with Crippen LogP contribution in [0, 0.1) is 6.92 Å². The number of H-pyrrole nitrogens is 1. The van der Waals surface area contributed by atoms with Gasteiger partial charge in [0.2, 0.25) is 0 Å². The lowest BCUT2D eigenvalue weighted by Crippen LogP contribution is -1.93. The molecule has 0 amide bonds. The second-order valence-corrected chi connectivity index (χ2v) is 5.09. The first-order chi connectivity index (χ1) is 9.24. The Morgan fingerprint density at radius 3 is 2.68 bits per heavy atom. The van der Waals surface area contributed by atoms with Crippen molar-refractivity contribution < 1.29 is 0 Å². The fraction of sp³-hybridized carbons (Fsp3) is 0.438. The van der Waals surface area contributed by atoms with E-state index in [1.807, 2.05) is 0 Å². The van der Waals surface area contributed by atoms with Gasteiger partial charge in [0, 0.05) is 11.3 Å². The zero-order valence-electron chi connectivity index (χ0n) is 11.9. The molecule has 3 nitrogen and oxygen atoms in total. The minimum Gasteiger partial charge on any atom is -0.382 e. The summed E-state index contributed by atoms with van der Waals surface area (Å²) < 4.78 is 0. The summed E-state index contributed by atoms with van der Waals surface area (Å²) in [5.41, 5.74) is 10.7. The first kappa shape index (κ1) is 13.7. The van der Waals surface area contributed by atoms with Crippen molar-refractivity contribution in [3.05, 3.63) is 35.5 Å². The lowest BCUT2D eigenvalue weighted by atomic mass is 9.98. The average molecular weight is 257 g/mol. The van der Waals surface area contributed by atoms with E-state index in [0.29, 0.717) is 5.82 Å². The first-order valence-corrected chi connectivity index (χ1v) is 7.12. The number of unbranched alkanes of at least 4 members (excludes halogenated alkanes) is 3. The van der Waals surface area contributed by atoms with Crippen LogP contribution in [-0.4, -0.2) is 10.2 Å². The molecule has 2 rings (SSSR count). The highest BCUT2D eigenvalue weighted by atomic mass is 15.2. The van der Waals surface area contributed by atoms with Gasteiger partial charge in [0.15, 0.2) is 5.82 Å². The number of hydrogen-bond acceptors (Lipinski definition) is 2. The zero-order valence-corrected chi connectivity index (χ0v) is 11.9. The van der Waals surface area contributed by atoms with Crippen LogP contribution in [-0.2, 0) is 6.42 Å². The maximum absolute atomic E-state index is 6.03. The number of nitrogens with one attached hydrogen (secondary N) is 1. The van der Waals surface area contributed by atoms with Crippen molar-refractivity contribution in [1.29, 1.82) is 0 Å². The molecule has 3 N–H and O–H groups in total. The predicted molar refractivity (Wildman–Crippen MR) is 81.0 cm³/mol. The summed E-state index contributed by atoms with van der Waals surface area (Å²) in [6.45, 7) is 4.34. The molecule has 0 unspecified atom stereocenters. The van der Waals surface area contributed by atoms with Gasteiger partial charge in [-0.15, -0.1) is 0 Å². The van der Waals surface area contributed by atoms with E-state index in [-0.39, 0.29) is 0 Å². The summed E-state index contributed by atoms with van der Waals surface area (Å²) in [7, 11) is 0. The van der Waals surface area contributed by atoms with E-state index in [2.05, 4.69) is 48.3 Å². The fourth-order valence-electron chi connectivity index (χ4n) is 2.46. The number of hydrogen-bond donors (Lipinski definition) is 2. The number of nitrogens with two attached hydrogens (primary N) is 1. The standard InChI is InChI=1S/C16H23N3/c1-3-4-5-6-11-14-15(16(17)19-18-14)13-10-8-7-9-12(13)2/h7-10H,3-6,11H2,1-2H3,(H3,17,18,19). The number of rotatable bonds is 6. The Balaban J connectivity index is 2.21. The Morgan fingerprint density at radius 2 is 1.95 bits per heavy atom. The molecular formula is C16H23N3. The van der Waals surface area contributed by atoms with Crippen LogP contribution in [0.3, 0.4) is 0 Å². The van der Waals surface area contributed by atoms with E-state index in [1.54, 1.807) is 0 Å². The molecule has 0 aliphatic carbocycles. The third kappa shape index (κ3) is 3.16. The highest BCUT2D eigenvalue weighted by Gasteiger charge is 2.14. The number of nitrogen functional groups attached to an aromatic ring is 1. The number of aromatic amines is 1. The molecule has 1 aromatic heterocycles. The van der Waals surface area contributed by atoms with Crippen molar-refractivity contribution in [3.8, 4) is 11.1 Å². The van der Waals surface area contributed by atoms with Crippen molar-refractivity contribution in [2.75, 3.05) is 5.73 Å². The number of aryl methyl sites for hydroxylation is 2. The van der Waals surface area contributed by atoms with Gasteiger partial charge in [-0.2, -0.15) is 5.10 Å². The lowest BCUT2D eigenvalue weighted by Gasteiger charge is -2.07. The molecule has 0 aliphatic heterocycles. The fourth-order valence-corrected chi connectivity index (χ4v) is 2.46. The minimum atomic E-state index is 0.611. The van der Waals surface area contributed by atoms with Gasteiger partial charge in [-0.25, -0.2) is 0 Å². The van der Waals surface area contributed by atoms with E-state index in [1.165, 1.54) is 42.5 Å². The molecule has 3 heteroatoms. The lowest BCUT2D eigenvalue weighted by molar-refractivity contribution is 0.660. The summed E-state index contributed by atoms with van der Waals surface area (Å²) in [6, 6.07) is 8.33. The number of anilines is 1. The van der Waals surface area contributed by atoms with E-state index in [4.69, 9.17) is 5.73 Å². The van der Waals surface area contributed by atoms with Gasteiger partial charge in [-0.1, -0.05) is 50.5 Å². The third-order valence-corrected chi connectivity index (χ3v) is 3.56. The van der Waals surface area contributed by atoms with Crippen LogP contribution in [0.15, 0.2) is 24.3 Å². The molecule has 102 valence electrons. The number of aromatic nitrogens is 2. The summed E-state index contributed by atoms with van der Waals surface area (Å²) in [6.07, 6.45) is 6.03. The second-order valence-electron chi connectivity index (χ2n) is 5.09. The molecule has 0 radical (unpaired) electrons. The Morgan fingerprint density at radius 1 is 1.16 bits per heavy atom. The Hall–Kier alpha value is -1.77. The smallest absolute Gasteiger partial charge is 0.153 e. The van der Waals surface area contributed by atoms with Gasteiger partial charge < -0.3 is 5.73 Å². The molecular weight excluding hydrogens is 234 g/mol. The maximum atomic E-state index is 6.03. The summed E-state index contributed by atoms with van der Waals surface area (Å²) in [5, 5.41) is 7.29. The third-order valence-electron chi connectivity index (χ3n) is 3.56. The molecule has 0 aliphatic rings. The zero-order chi connectivity index (χ0) is 13.7. The molecule has 19 heavy (non-hydrogen) atoms. The number of nitrogens with zero attached hydrogens (tertiary/aromatic N) is 1. The van der Waals surface area contributed by atoms with Gasteiger partial charge in [-0.05, 0) is 30.9 Å². The van der Waals surface area contributed by atoms with E-state index in [0.717, 1.165) is 12.0 Å². The van der Waals surface area contributed by atoms with Crippen LogP contribution in [0.5, 0.6) is 0 Å². The Labute approximate surface area is 115 Å². The molecule has 2 aromatic rings. The van der Waals surface area contributed by atoms with E-state index in [9.17, 15) is 0 Å². The first-order valence-electron chi connectivity index (χ1n) is 7.12. The van der Waals surface area contributed by atoms with Crippen molar-refractivity contribution >= 4 is 5.82 Å². The summed E-state index contributed by atoms with van der Waals surface area (Å²) >= 11 is 0. The van der Waals surface area contributed by atoms with E-state index >= 15 is 0 Å². The molecule has 0 saturated heterocycles. The largest absolute Gasteiger partial charge is 0.382 e. The SMILES string of the molecule is CCCCCCc1[nH]nc(N)c1-c1ccccc1C. The van der Waals surface area contributed by atoms with Crippen molar-refractivity contribution in [3.63, 3.8) is 0 Å². The Kier molecular flexibility index (Phi) is 4.61. The highest BCUT2D eigenvalue weighted by molar-refractivity contribution is 5.78. The van der Waals surface area contributed by atoms with Crippen molar-refractivity contribution in [2.24, 2.45) is 0 Å². The van der Waals surface area contributed by atoms with Crippen LogP contribution < -0.4 is 5.73 Å². The quantitative estimate of drug-likeness (QED) is 0.766. The Bertz CT molecular complexity index is 529. The average Bonchev–Trinajstić information content (AvgIpc) is 2.77. The molecule has 1 aromatic carbocycles. The van der Waals surface area contributed by atoms with Crippen LogP contribution >= 0.6 is 0 Å². The second kappa shape index (κ2) is 6.41. The molecule has 0 spiro atoms. The molecule has 0 atom stereocenters. The molecule has 0 saturated carbocycles. The summed E-state index contributed by atoms with van der Waals surface area (Å²) in [4.78, 5) is 0. The minimum absolute atomic E-state index is 0.611. The topological polar surface area (TPSA) is 54.7 Å². The molecule has 0 fully saturated rings. The monoisotopic (exact) mass is 257 g/mol. The van der Waals surface area contributed by atoms with Crippen LogP contribution in [0.2, 0.25) is 0 Å². The van der Waals surface area contributed by atoms with Gasteiger partial charge >= 0.3 is 0 Å². The molecule has 0 bridgehead atoms. The molecule has 1 heterocycles. The van der Waals surface area contributed by atoms with Crippen molar-refractivity contribution in [2.45, 2.75) is 46.0 Å². The normalized spacial score (nSPS) is 10.8. The van der Waals surface area contributed by atoms with Crippen LogP contribution in [0.4, 0.5) is 5.82 Å². The van der Waals surface area contributed by atoms with Gasteiger partial charge in [0.05, 0.1) is 0 Å². The van der Waals surface area contributed by atoms with Gasteiger partial charge in [0.25, 0.3) is 0 Å². The highest BCUT2D eigenvalue weighted by Crippen LogP contribution is 2.31. The maximum Gasteiger partial charge on any atom is 0.153 e. The van der Waals surface area contributed by atoms with E-state index < -0.39 is 0 Å². The predicted octanol–water partition coefficient (Wildman–Crippen LogP) is 4.09. The number of benzene rings is 1. The van der Waals surface area contributed by atoms with Crippen LogP contribution in [0.1, 0.15) is 43.9 Å². The van der Waals surface area contributed by atoms with Crippen molar-refractivity contribution in [1.82, 2.24) is 10.2 Å².